The molecule has 1 unspecified atom stereocenters. The average molecular weight is 269 g/mol. The molecule has 1 aromatic rings. The van der Waals surface area contributed by atoms with E-state index in [1.807, 2.05) is 49.7 Å². The van der Waals surface area contributed by atoms with Crippen LogP contribution in [0.2, 0.25) is 0 Å². The molecule has 0 amide bonds. The van der Waals surface area contributed by atoms with Crippen LogP contribution in [0.15, 0.2) is 24.3 Å². The van der Waals surface area contributed by atoms with Gasteiger partial charge in [0.15, 0.2) is 0 Å². The Hall–Kier alpha value is -0.630. The summed E-state index contributed by atoms with van der Waals surface area (Å²) in [6.45, 7) is 9.93. The summed E-state index contributed by atoms with van der Waals surface area (Å²) in [6, 6.07) is 7.89. The number of hydrogen-bond donors (Lipinski definition) is 0. The molecule has 3 nitrogen and oxygen atoms in total. The van der Waals surface area contributed by atoms with E-state index in [9.17, 15) is 4.57 Å². The number of hydrogen-bond acceptors (Lipinski definition) is 2. The van der Waals surface area contributed by atoms with Crippen molar-refractivity contribution in [3.63, 3.8) is 0 Å². The molecule has 0 aromatic heterocycles. The number of benzene rings is 1. The molecule has 0 aliphatic carbocycles. The molecule has 1 rings (SSSR count). The highest BCUT2D eigenvalue weighted by molar-refractivity contribution is 7.64. The maximum absolute atomic E-state index is 13.3. The van der Waals surface area contributed by atoms with Crippen LogP contribution in [-0.4, -0.2) is 24.4 Å². The normalized spacial score (nSPS) is 14.7. The van der Waals surface area contributed by atoms with Gasteiger partial charge < -0.3 is 4.52 Å². The summed E-state index contributed by atoms with van der Waals surface area (Å²) in [7, 11) is -2.90. The molecule has 0 heterocycles. The Labute approximate surface area is 111 Å². The largest absolute Gasteiger partial charge is 0.314 e. The third kappa shape index (κ3) is 3.03. The quantitative estimate of drug-likeness (QED) is 0.710. The Morgan fingerprint density at radius 2 is 1.72 bits per heavy atom. The van der Waals surface area contributed by atoms with E-state index >= 15 is 0 Å². The molecular weight excluding hydrogens is 245 g/mol. The molecule has 102 valence electrons. The first-order valence-electron chi connectivity index (χ1n) is 6.72. The lowest BCUT2D eigenvalue weighted by atomic mass is 10.2. The molecule has 0 fully saturated rings. The van der Waals surface area contributed by atoms with Crippen molar-refractivity contribution < 1.29 is 9.09 Å². The predicted molar refractivity (Wildman–Crippen MR) is 77.6 cm³/mol. The lowest BCUT2D eigenvalue weighted by Gasteiger charge is -2.30. The predicted octanol–water partition coefficient (Wildman–Crippen LogP) is 3.45. The minimum Gasteiger partial charge on any atom is -0.314 e. The molecule has 1 aromatic carbocycles. The van der Waals surface area contributed by atoms with Crippen LogP contribution in [-0.2, 0) is 15.5 Å². The van der Waals surface area contributed by atoms with E-state index in [0.29, 0.717) is 6.61 Å². The highest BCUT2D eigenvalue weighted by atomic mass is 31.2. The molecule has 0 aliphatic heterocycles. The molecule has 0 N–H and O–H groups in total. The number of aryl methyl sites for hydroxylation is 1. The van der Waals surface area contributed by atoms with Crippen LogP contribution in [0.3, 0.4) is 0 Å². The lowest BCUT2D eigenvalue weighted by Crippen LogP contribution is -2.29. The summed E-state index contributed by atoms with van der Waals surface area (Å²) in [4.78, 5) is 0. The first kappa shape index (κ1) is 15.4. The summed E-state index contributed by atoms with van der Waals surface area (Å²) in [5.41, 5.74) is 1.11. The second-order valence-corrected chi connectivity index (χ2v) is 6.41. The fourth-order valence-corrected chi connectivity index (χ4v) is 4.73. The zero-order valence-corrected chi connectivity index (χ0v) is 12.7. The Kier molecular flexibility index (Phi) is 6.07. The highest BCUT2D eigenvalue weighted by Gasteiger charge is 2.33. The molecular formula is C14H24NO2P. The van der Waals surface area contributed by atoms with Crippen molar-refractivity contribution in [2.75, 3.05) is 19.7 Å². The smallest absolute Gasteiger partial charge is 0.302 e. The highest BCUT2D eigenvalue weighted by Crippen LogP contribution is 2.50. The molecule has 1 atom stereocenters. The van der Waals surface area contributed by atoms with Crippen LogP contribution in [0.25, 0.3) is 0 Å². The van der Waals surface area contributed by atoms with Crippen LogP contribution in [0.4, 0.5) is 0 Å². The maximum Gasteiger partial charge on any atom is 0.302 e. The van der Waals surface area contributed by atoms with Crippen molar-refractivity contribution in [2.24, 2.45) is 0 Å². The number of nitrogens with zero attached hydrogens (tertiary/aromatic N) is 1. The fraction of sp³-hybridized carbons (Fsp3) is 0.571. The van der Waals surface area contributed by atoms with Gasteiger partial charge in [-0.05, 0) is 25.0 Å². The summed E-state index contributed by atoms with van der Waals surface area (Å²) < 4.78 is 20.9. The van der Waals surface area contributed by atoms with Crippen LogP contribution < -0.4 is 5.30 Å². The molecule has 0 bridgehead atoms. The molecule has 0 saturated heterocycles. The van der Waals surface area contributed by atoms with Gasteiger partial charge in [-0.15, -0.1) is 0 Å². The zero-order chi connectivity index (χ0) is 13.6. The van der Waals surface area contributed by atoms with Crippen LogP contribution in [0, 0.1) is 0 Å². The van der Waals surface area contributed by atoms with Crippen molar-refractivity contribution in [3.05, 3.63) is 29.8 Å². The van der Waals surface area contributed by atoms with Crippen molar-refractivity contribution >= 4 is 12.8 Å². The first-order valence-corrected chi connectivity index (χ1v) is 8.30. The minimum absolute atomic E-state index is 0.464. The second-order valence-electron chi connectivity index (χ2n) is 4.06. The zero-order valence-electron chi connectivity index (χ0n) is 11.8. The van der Waals surface area contributed by atoms with Crippen LogP contribution in [0.5, 0.6) is 0 Å². The van der Waals surface area contributed by atoms with E-state index in [-0.39, 0.29) is 0 Å². The Morgan fingerprint density at radius 3 is 2.22 bits per heavy atom. The van der Waals surface area contributed by atoms with Gasteiger partial charge in [0.25, 0.3) is 0 Å². The Balaban J connectivity index is 3.30. The molecule has 0 radical (unpaired) electrons. The van der Waals surface area contributed by atoms with Gasteiger partial charge in [0, 0.05) is 13.1 Å². The van der Waals surface area contributed by atoms with Gasteiger partial charge in [-0.3, -0.25) is 4.57 Å². The summed E-state index contributed by atoms with van der Waals surface area (Å²) >= 11 is 0. The van der Waals surface area contributed by atoms with Crippen LogP contribution >= 0.6 is 7.52 Å². The molecule has 18 heavy (non-hydrogen) atoms. The molecule has 4 heteroatoms. The Bertz CT molecular complexity index is 416. The molecule has 0 spiro atoms. The average Bonchev–Trinajstić information content (AvgIpc) is 2.40. The monoisotopic (exact) mass is 269 g/mol. The van der Waals surface area contributed by atoms with E-state index in [4.69, 9.17) is 4.52 Å². The van der Waals surface area contributed by atoms with Gasteiger partial charge in [0.2, 0.25) is 0 Å². The fourth-order valence-electron chi connectivity index (χ4n) is 2.16. The third-order valence-electron chi connectivity index (χ3n) is 3.08. The lowest BCUT2D eigenvalue weighted by molar-refractivity contribution is 0.287. The molecule has 0 aliphatic rings. The summed E-state index contributed by atoms with van der Waals surface area (Å²) in [5, 5.41) is 0.859. The van der Waals surface area contributed by atoms with Crippen LogP contribution in [0.1, 0.15) is 33.3 Å². The van der Waals surface area contributed by atoms with Gasteiger partial charge in [0.05, 0.1) is 11.9 Å². The van der Waals surface area contributed by atoms with Gasteiger partial charge >= 0.3 is 7.52 Å². The van der Waals surface area contributed by atoms with Crippen molar-refractivity contribution in [2.45, 2.75) is 34.1 Å². The SMILES string of the molecule is CCOP(=O)(c1ccccc1CC)N(CC)CC. The standard InChI is InChI=1S/C14H24NO2P/c1-5-13-11-9-10-12-14(13)18(16,17-8-4)15(6-2)7-3/h9-12H,5-8H2,1-4H3. The second kappa shape index (κ2) is 7.08. The van der Waals surface area contributed by atoms with E-state index in [2.05, 4.69) is 6.92 Å². The van der Waals surface area contributed by atoms with Crippen molar-refractivity contribution in [1.82, 2.24) is 4.67 Å². The topological polar surface area (TPSA) is 29.5 Å². The summed E-state index contributed by atoms with van der Waals surface area (Å²) in [6.07, 6.45) is 0.870. The van der Waals surface area contributed by atoms with Gasteiger partial charge in [0.1, 0.15) is 0 Å². The first-order chi connectivity index (χ1) is 8.63. The van der Waals surface area contributed by atoms with E-state index in [1.54, 1.807) is 0 Å². The van der Waals surface area contributed by atoms with E-state index in [1.165, 1.54) is 0 Å². The number of rotatable bonds is 7. The summed E-state index contributed by atoms with van der Waals surface area (Å²) in [5.74, 6) is 0. The maximum atomic E-state index is 13.3. The van der Waals surface area contributed by atoms with Gasteiger partial charge in [-0.2, -0.15) is 0 Å². The molecule has 0 saturated carbocycles. The van der Waals surface area contributed by atoms with E-state index in [0.717, 1.165) is 30.4 Å². The van der Waals surface area contributed by atoms with E-state index < -0.39 is 7.52 Å². The van der Waals surface area contributed by atoms with Crippen molar-refractivity contribution in [3.8, 4) is 0 Å². The minimum atomic E-state index is -2.90. The Morgan fingerprint density at radius 1 is 1.11 bits per heavy atom. The van der Waals surface area contributed by atoms with Gasteiger partial charge in [-0.25, -0.2) is 4.67 Å². The third-order valence-corrected chi connectivity index (χ3v) is 6.05. The van der Waals surface area contributed by atoms with Crippen molar-refractivity contribution in [1.29, 1.82) is 0 Å². The van der Waals surface area contributed by atoms with Gasteiger partial charge in [-0.1, -0.05) is 39.0 Å².